The molecule has 0 heterocycles. The van der Waals surface area contributed by atoms with Crippen LogP contribution in [-0.4, -0.2) is 30.6 Å². The van der Waals surface area contributed by atoms with Crippen LogP contribution < -0.4 is 16.4 Å². The Balaban J connectivity index is 2.21. The monoisotopic (exact) mass is 339 g/mol. The minimum atomic E-state index is -0.945. The van der Waals surface area contributed by atoms with Crippen LogP contribution in [0.25, 0.3) is 0 Å². The molecule has 0 aliphatic heterocycles. The minimum Gasteiger partial charge on any atom is -0.453 e. The molecule has 0 saturated carbocycles. The van der Waals surface area contributed by atoms with E-state index in [0.717, 1.165) is 6.42 Å². The van der Waals surface area contributed by atoms with Gasteiger partial charge in [-0.1, -0.05) is 6.42 Å². The molecule has 4 N–H and O–H groups in total. The number of carbonyl (C=O) groups is 3. The van der Waals surface area contributed by atoms with Crippen molar-refractivity contribution in [1.29, 1.82) is 0 Å². The van der Waals surface area contributed by atoms with Gasteiger partial charge in [0, 0.05) is 18.7 Å². The first-order valence-corrected chi connectivity index (χ1v) is 7.67. The second-order valence-electron chi connectivity index (χ2n) is 5.23. The molecule has 3 amide bonds. The number of halogens is 1. The van der Waals surface area contributed by atoms with E-state index in [-0.39, 0.29) is 6.42 Å². The summed E-state index contributed by atoms with van der Waals surface area (Å²) in [5, 5.41) is 4.99. The lowest BCUT2D eigenvalue weighted by atomic mass is 10.2. The maximum Gasteiger partial charge on any atom is 0.312 e. The Hall–Kier alpha value is -2.64. The summed E-state index contributed by atoms with van der Waals surface area (Å²) in [6.45, 7) is 1.92. The van der Waals surface area contributed by atoms with Gasteiger partial charge in [-0.05, 0) is 44.0 Å². The number of esters is 1. The van der Waals surface area contributed by atoms with E-state index < -0.39 is 29.8 Å². The highest BCUT2D eigenvalue weighted by molar-refractivity contribution is 5.95. The topological polar surface area (TPSA) is 111 Å². The molecule has 7 nitrogen and oxygen atoms in total. The molecule has 0 radical (unpaired) electrons. The van der Waals surface area contributed by atoms with Gasteiger partial charge in [0.25, 0.3) is 5.91 Å². The highest BCUT2D eigenvalue weighted by Crippen LogP contribution is 2.10. The molecule has 0 spiro atoms. The SMILES string of the molecule is C[C@@H](OC(=O)CCCCCNC(N)=O)C(=O)Nc1ccc(F)cc1. The van der Waals surface area contributed by atoms with Crippen LogP contribution in [0.1, 0.15) is 32.6 Å². The largest absolute Gasteiger partial charge is 0.453 e. The zero-order valence-electron chi connectivity index (χ0n) is 13.5. The molecule has 0 saturated heterocycles. The van der Waals surface area contributed by atoms with Crippen LogP contribution in [0.4, 0.5) is 14.9 Å². The number of nitrogens with two attached hydrogens (primary N) is 1. The molecule has 1 aromatic carbocycles. The van der Waals surface area contributed by atoms with Gasteiger partial charge in [0.05, 0.1) is 0 Å². The third-order valence-corrected chi connectivity index (χ3v) is 3.15. The number of unbranched alkanes of at least 4 members (excludes halogenated alkanes) is 2. The summed E-state index contributed by atoms with van der Waals surface area (Å²) in [7, 11) is 0. The number of rotatable bonds is 9. The quantitative estimate of drug-likeness (QED) is 0.471. The van der Waals surface area contributed by atoms with Gasteiger partial charge in [-0.3, -0.25) is 9.59 Å². The lowest BCUT2D eigenvalue weighted by Gasteiger charge is -2.13. The van der Waals surface area contributed by atoms with E-state index in [0.29, 0.717) is 25.1 Å². The maximum atomic E-state index is 12.8. The molecule has 0 fully saturated rings. The van der Waals surface area contributed by atoms with Crippen LogP contribution in [0.2, 0.25) is 0 Å². The number of hydrogen-bond donors (Lipinski definition) is 3. The molecule has 8 heteroatoms. The van der Waals surface area contributed by atoms with Gasteiger partial charge in [-0.25, -0.2) is 9.18 Å². The van der Waals surface area contributed by atoms with E-state index in [9.17, 15) is 18.8 Å². The van der Waals surface area contributed by atoms with Crippen molar-refractivity contribution >= 4 is 23.6 Å². The van der Waals surface area contributed by atoms with E-state index >= 15 is 0 Å². The van der Waals surface area contributed by atoms with Gasteiger partial charge in [0.1, 0.15) is 5.82 Å². The molecule has 0 aliphatic carbocycles. The summed E-state index contributed by atoms with van der Waals surface area (Å²) < 4.78 is 17.8. The van der Waals surface area contributed by atoms with E-state index in [1.54, 1.807) is 0 Å². The zero-order chi connectivity index (χ0) is 17.9. The molecule has 0 aliphatic rings. The van der Waals surface area contributed by atoms with Crippen LogP contribution in [0.5, 0.6) is 0 Å². The molecular weight excluding hydrogens is 317 g/mol. The second kappa shape index (κ2) is 10.2. The summed E-state index contributed by atoms with van der Waals surface area (Å²) in [6, 6.07) is 4.71. The number of benzene rings is 1. The van der Waals surface area contributed by atoms with E-state index in [2.05, 4.69) is 10.6 Å². The fourth-order valence-corrected chi connectivity index (χ4v) is 1.87. The minimum absolute atomic E-state index is 0.185. The molecule has 1 atom stereocenters. The summed E-state index contributed by atoms with van der Waals surface area (Å²) >= 11 is 0. The van der Waals surface area contributed by atoms with Crippen molar-refractivity contribution in [3.05, 3.63) is 30.1 Å². The number of urea groups is 1. The third-order valence-electron chi connectivity index (χ3n) is 3.15. The number of amides is 3. The maximum absolute atomic E-state index is 12.8. The first-order chi connectivity index (χ1) is 11.4. The van der Waals surface area contributed by atoms with Crippen LogP contribution >= 0.6 is 0 Å². The van der Waals surface area contributed by atoms with Crippen molar-refractivity contribution < 1.29 is 23.5 Å². The van der Waals surface area contributed by atoms with Crippen LogP contribution in [0.3, 0.4) is 0 Å². The number of ether oxygens (including phenoxy) is 1. The second-order valence-corrected chi connectivity index (χ2v) is 5.23. The van der Waals surface area contributed by atoms with Gasteiger partial charge < -0.3 is 21.1 Å². The summed E-state index contributed by atoms with van der Waals surface area (Å²) in [4.78, 5) is 34.0. The number of carbonyl (C=O) groups excluding carboxylic acids is 3. The molecular formula is C16H22FN3O4. The van der Waals surface area contributed by atoms with Crippen molar-refractivity contribution in [2.45, 2.75) is 38.7 Å². The smallest absolute Gasteiger partial charge is 0.312 e. The van der Waals surface area contributed by atoms with Crippen LogP contribution in [-0.2, 0) is 14.3 Å². The molecule has 0 bridgehead atoms. The number of nitrogens with one attached hydrogen (secondary N) is 2. The number of anilines is 1. The van der Waals surface area contributed by atoms with Crippen molar-refractivity contribution in [3.63, 3.8) is 0 Å². The van der Waals surface area contributed by atoms with Crippen molar-refractivity contribution in [2.75, 3.05) is 11.9 Å². The van der Waals surface area contributed by atoms with E-state index in [1.165, 1.54) is 31.2 Å². The van der Waals surface area contributed by atoms with Gasteiger partial charge in [0.2, 0.25) is 0 Å². The first-order valence-electron chi connectivity index (χ1n) is 7.67. The Bertz CT molecular complexity index is 563. The summed E-state index contributed by atoms with van der Waals surface area (Å²) in [5.74, 6) is -1.36. The third kappa shape index (κ3) is 8.11. The normalized spacial score (nSPS) is 11.4. The Morgan fingerprint density at radius 1 is 1.17 bits per heavy atom. The average Bonchev–Trinajstić information content (AvgIpc) is 2.52. The predicted octanol–water partition coefficient (Wildman–Crippen LogP) is 1.92. The van der Waals surface area contributed by atoms with Crippen molar-refractivity contribution in [1.82, 2.24) is 5.32 Å². The lowest BCUT2D eigenvalue weighted by molar-refractivity contribution is -0.153. The lowest BCUT2D eigenvalue weighted by Crippen LogP contribution is -2.30. The molecule has 1 aromatic rings. The van der Waals surface area contributed by atoms with Crippen molar-refractivity contribution in [3.8, 4) is 0 Å². The summed E-state index contributed by atoms with van der Waals surface area (Å²) in [5.41, 5.74) is 5.34. The van der Waals surface area contributed by atoms with Gasteiger partial charge in [-0.15, -0.1) is 0 Å². The van der Waals surface area contributed by atoms with Gasteiger partial charge in [-0.2, -0.15) is 0 Å². The average molecular weight is 339 g/mol. The Labute approximate surface area is 139 Å². The van der Waals surface area contributed by atoms with Crippen LogP contribution in [0.15, 0.2) is 24.3 Å². The fraction of sp³-hybridized carbons (Fsp3) is 0.438. The van der Waals surface area contributed by atoms with Crippen LogP contribution in [0, 0.1) is 5.82 Å². The van der Waals surface area contributed by atoms with Crippen molar-refractivity contribution in [2.24, 2.45) is 5.73 Å². The Morgan fingerprint density at radius 3 is 2.46 bits per heavy atom. The van der Waals surface area contributed by atoms with Gasteiger partial charge in [0.15, 0.2) is 6.10 Å². The molecule has 0 unspecified atom stereocenters. The predicted molar refractivity (Wildman–Crippen MR) is 86.6 cm³/mol. The zero-order valence-corrected chi connectivity index (χ0v) is 13.5. The fourth-order valence-electron chi connectivity index (χ4n) is 1.87. The molecule has 24 heavy (non-hydrogen) atoms. The molecule has 0 aromatic heterocycles. The van der Waals surface area contributed by atoms with E-state index in [4.69, 9.17) is 10.5 Å². The molecule has 132 valence electrons. The van der Waals surface area contributed by atoms with E-state index in [1.807, 2.05) is 0 Å². The number of primary amides is 1. The summed E-state index contributed by atoms with van der Waals surface area (Å²) in [6.07, 6.45) is 1.26. The highest BCUT2D eigenvalue weighted by atomic mass is 19.1. The Morgan fingerprint density at radius 2 is 1.83 bits per heavy atom. The molecule has 1 rings (SSSR count). The standard InChI is InChI=1S/C16H22FN3O4/c1-11(15(22)20-13-8-6-12(17)7-9-13)24-14(21)5-3-2-4-10-19-16(18)23/h6-9,11H,2-5,10H2,1H3,(H,20,22)(H3,18,19,23)/t11-/m1/s1. The van der Waals surface area contributed by atoms with Gasteiger partial charge >= 0.3 is 12.0 Å². The first kappa shape index (κ1) is 19.4. The highest BCUT2D eigenvalue weighted by Gasteiger charge is 2.17. The number of hydrogen-bond acceptors (Lipinski definition) is 4. The Kier molecular flexibility index (Phi) is 8.24.